The van der Waals surface area contributed by atoms with Gasteiger partial charge in [0.2, 0.25) is 14.8 Å². The maximum absolute atomic E-state index is 13.7. The lowest BCUT2D eigenvalue weighted by Crippen LogP contribution is -2.45. The maximum atomic E-state index is 13.7. The zero-order valence-corrected chi connectivity index (χ0v) is 22.7. The summed E-state index contributed by atoms with van der Waals surface area (Å²) in [4.78, 5) is -1.06. The van der Waals surface area contributed by atoms with Crippen LogP contribution in [0, 0.1) is 6.92 Å². The molecule has 0 radical (unpaired) electrons. The summed E-state index contributed by atoms with van der Waals surface area (Å²) in [6, 6.07) is 16.8. The fourth-order valence-electron chi connectivity index (χ4n) is 3.79. The number of aryl methyl sites for hydroxylation is 1. The molecule has 7 heteroatoms. The lowest BCUT2D eigenvalue weighted by atomic mass is 10.1. The molecule has 1 heterocycles. The van der Waals surface area contributed by atoms with Crippen LogP contribution in [0.15, 0.2) is 59.5 Å². The van der Waals surface area contributed by atoms with Gasteiger partial charge in [-0.3, -0.25) is 0 Å². The van der Waals surface area contributed by atoms with Crippen LogP contribution < -0.4 is 0 Å². The third-order valence-corrected chi connectivity index (χ3v) is 13.7. The van der Waals surface area contributed by atoms with Crippen LogP contribution in [0.5, 0.6) is 0 Å². The lowest BCUT2D eigenvalue weighted by molar-refractivity contribution is 0.104. The molecule has 5 nitrogen and oxygen atoms in total. The van der Waals surface area contributed by atoms with Crippen molar-refractivity contribution in [2.24, 2.45) is 0 Å². The van der Waals surface area contributed by atoms with Crippen LogP contribution in [0.3, 0.4) is 0 Å². The first-order valence-corrected chi connectivity index (χ1v) is 16.0. The third-order valence-electron chi connectivity index (χ3n) is 6.82. The van der Waals surface area contributed by atoms with Crippen LogP contribution in [0.4, 0.5) is 0 Å². The van der Waals surface area contributed by atoms with Crippen molar-refractivity contribution in [1.29, 1.82) is 0 Å². The van der Waals surface area contributed by atoms with E-state index in [9.17, 15) is 8.42 Å². The molecule has 1 aliphatic rings. The largest absolute Gasteiger partial charge is 0.414 e. The van der Waals surface area contributed by atoms with Crippen LogP contribution >= 0.6 is 0 Å². The van der Waals surface area contributed by atoms with Crippen molar-refractivity contribution < 1.29 is 22.3 Å². The Balaban J connectivity index is 1.79. The van der Waals surface area contributed by atoms with Crippen LogP contribution in [0.25, 0.3) is 0 Å². The molecule has 3 atom stereocenters. The quantitative estimate of drug-likeness (QED) is 0.307. The van der Waals surface area contributed by atoms with Gasteiger partial charge in [0.1, 0.15) is 6.10 Å². The first kappa shape index (κ1) is 26.1. The Labute approximate surface area is 200 Å². The first-order valence-electron chi connectivity index (χ1n) is 11.6. The van der Waals surface area contributed by atoms with Gasteiger partial charge in [0.05, 0.1) is 18.1 Å². The molecule has 3 rings (SSSR count). The highest BCUT2D eigenvalue weighted by Gasteiger charge is 2.67. The Hall–Kier alpha value is -1.51. The molecule has 33 heavy (non-hydrogen) atoms. The highest BCUT2D eigenvalue weighted by molar-refractivity contribution is 7.93. The SMILES string of the molecule is Cc1ccc(S(=O)(=O)C2(C[C@@H](C)O[Si](C)(C)C(C)(C)C)OC2COCc2ccccc2)cc1. The number of ether oxygens (including phenoxy) is 2. The second-order valence-electron chi connectivity index (χ2n) is 10.6. The van der Waals surface area contributed by atoms with Gasteiger partial charge in [-0.05, 0) is 49.7 Å². The molecule has 2 aromatic carbocycles. The molecule has 2 aromatic rings. The molecule has 0 bridgehead atoms. The minimum absolute atomic E-state index is 0.0346. The van der Waals surface area contributed by atoms with E-state index in [1.807, 2.05) is 56.3 Å². The fourth-order valence-corrected chi connectivity index (χ4v) is 7.24. The first-order chi connectivity index (χ1) is 15.3. The summed E-state index contributed by atoms with van der Waals surface area (Å²) in [7, 11) is -5.80. The van der Waals surface area contributed by atoms with Crippen LogP contribution in [0.1, 0.15) is 45.2 Å². The van der Waals surface area contributed by atoms with E-state index >= 15 is 0 Å². The Morgan fingerprint density at radius 3 is 2.24 bits per heavy atom. The van der Waals surface area contributed by atoms with Crippen molar-refractivity contribution >= 4 is 18.2 Å². The Morgan fingerprint density at radius 1 is 1.06 bits per heavy atom. The van der Waals surface area contributed by atoms with E-state index in [2.05, 4.69) is 33.9 Å². The standard InChI is InChI=1S/C26H38O5SSi/c1-20-13-15-23(16-14-20)32(27,28)26(17-21(2)31-33(6,7)25(3,4)5)24(30-26)19-29-18-22-11-9-8-10-12-22/h8-16,21,24H,17-19H2,1-7H3/t21-,24?,26?/m1/s1. The molecule has 0 aliphatic carbocycles. The highest BCUT2D eigenvalue weighted by atomic mass is 32.2. The molecule has 1 fully saturated rings. The van der Waals surface area contributed by atoms with Gasteiger partial charge >= 0.3 is 0 Å². The smallest absolute Gasteiger partial charge is 0.210 e. The summed E-state index contributed by atoms with van der Waals surface area (Å²) < 4.78 is 45.8. The number of hydrogen-bond donors (Lipinski definition) is 0. The van der Waals surface area contributed by atoms with Gasteiger partial charge in [0.25, 0.3) is 0 Å². The number of benzene rings is 2. The van der Waals surface area contributed by atoms with Crippen LogP contribution in [0.2, 0.25) is 18.1 Å². The summed E-state index contributed by atoms with van der Waals surface area (Å²) in [5, 5.41) is 0.0346. The predicted molar refractivity (Wildman–Crippen MR) is 134 cm³/mol. The zero-order chi connectivity index (χ0) is 24.5. The molecule has 0 aromatic heterocycles. The van der Waals surface area contributed by atoms with E-state index in [4.69, 9.17) is 13.9 Å². The molecule has 0 spiro atoms. The van der Waals surface area contributed by atoms with E-state index in [0.717, 1.165) is 11.1 Å². The van der Waals surface area contributed by atoms with Crippen molar-refractivity contribution in [3.05, 3.63) is 65.7 Å². The molecule has 1 saturated heterocycles. The number of sulfone groups is 1. The van der Waals surface area contributed by atoms with E-state index < -0.39 is 29.2 Å². The average Bonchev–Trinajstić information content (AvgIpc) is 3.42. The molecule has 0 amide bonds. The fraction of sp³-hybridized carbons (Fsp3) is 0.538. The number of hydrogen-bond acceptors (Lipinski definition) is 5. The monoisotopic (exact) mass is 490 g/mol. The van der Waals surface area contributed by atoms with Gasteiger partial charge in [-0.1, -0.05) is 68.8 Å². The second kappa shape index (κ2) is 9.62. The van der Waals surface area contributed by atoms with Gasteiger partial charge in [-0.25, -0.2) is 8.42 Å². The van der Waals surface area contributed by atoms with Gasteiger partial charge in [0.15, 0.2) is 8.32 Å². The minimum atomic E-state index is -3.74. The summed E-state index contributed by atoms with van der Waals surface area (Å²) in [5.41, 5.74) is 2.05. The molecule has 2 unspecified atom stereocenters. The van der Waals surface area contributed by atoms with Gasteiger partial charge in [0, 0.05) is 12.5 Å². The molecule has 0 N–H and O–H groups in total. The summed E-state index contributed by atoms with van der Waals surface area (Å²) in [6.45, 7) is 15.4. The molecule has 182 valence electrons. The minimum Gasteiger partial charge on any atom is -0.414 e. The predicted octanol–water partition coefficient (Wildman–Crippen LogP) is 5.88. The zero-order valence-electron chi connectivity index (χ0n) is 20.9. The van der Waals surface area contributed by atoms with Gasteiger partial charge in [-0.2, -0.15) is 0 Å². The Kier molecular flexibility index (Phi) is 7.61. The van der Waals surface area contributed by atoms with Gasteiger partial charge in [-0.15, -0.1) is 0 Å². The third kappa shape index (κ3) is 5.77. The van der Waals surface area contributed by atoms with Crippen molar-refractivity contribution in [3.63, 3.8) is 0 Å². The van der Waals surface area contributed by atoms with Crippen molar-refractivity contribution in [2.75, 3.05) is 6.61 Å². The lowest BCUT2D eigenvalue weighted by Gasteiger charge is -2.39. The summed E-state index contributed by atoms with van der Waals surface area (Å²) >= 11 is 0. The molecule has 0 saturated carbocycles. The Morgan fingerprint density at radius 2 is 1.67 bits per heavy atom. The Bertz CT molecular complexity index is 1030. The van der Waals surface area contributed by atoms with Crippen molar-refractivity contribution in [3.8, 4) is 0 Å². The average molecular weight is 491 g/mol. The van der Waals surface area contributed by atoms with Crippen molar-refractivity contribution in [2.45, 2.75) is 87.8 Å². The van der Waals surface area contributed by atoms with E-state index in [1.54, 1.807) is 12.1 Å². The van der Waals surface area contributed by atoms with E-state index in [1.165, 1.54) is 0 Å². The van der Waals surface area contributed by atoms with Crippen LogP contribution in [-0.2, 0) is 30.3 Å². The molecular formula is C26H38O5SSi. The molecule has 1 aliphatic heterocycles. The summed E-state index contributed by atoms with van der Waals surface area (Å²) in [5.74, 6) is 0. The highest BCUT2D eigenvalue weighted by Crippen LogP contribution is 2.50. The van der Waals surface area contributed by atoms with Crippen molar-refractivity contribution in [1.82, 2.24) is 0 Å². The van der Waals surface area contributed by atoms with Gasteiger partial charge < -0.3 is 13.9 Å². The normalized spacial score (nSPS) is 22.2. The van der Waals surface area contributed by atoms with Crippen LogP contribution in [-0.4, -0.2) is 40.5 Å². The second-order valence-corrected chi connectivity index (χ2v) is 17.6. The molecular weight excluding hydrogens is 452 g/mol. The van der Waals surface area contributed by atoms with E-state index in [0.29, 0.717) is 6.61 Å². The number of epoxide rings is 1. The maximum Gasteiger partial charge on any atom is 0.210 e. The topological polar surface area (TPSA) is 65.1 Å². The number of rotatable bonds is 10. The summed E-state index contributed by atoms with van der Waals surface area (Å²) in [6.07, 6.45) is -0.516. The van der Waals surface area contributed by atoms with E-state index in [-0.39, 0.29) is 29.1 Å².